The molecule has 2 aromatic rings. The van der Waals surface area contributed by atoms with Crippen molar-refractivity contribution in [2.75, 3.05) is 37.3 Å². The number of carbonyl (C=O) groups is 1. The van der Waals surface area contributed by atoms with Crippen molar-refractivity contribution in [2.24, 2.45) is 16.5 Å². The van der Waals surface area contributed by atoms with Crippen molar-refractivity contribution in [3.63, 3.8) is 0 Å². The molecule has 0 aliphatic carbocycles. The lowest BCUT2D eigenvalue weighted by atomic mass is 10.1. The van der Waals surface area contributed by atoms with Crippen molar-refractivity contribution in [3.05, 3.63) is 47.9 Å². The van der Waals surface area contributed by atoms with E-state index in [9.17, 15) is 13.2 Å². The third kappa shape index (κ3) is 4.70. The first-order chi connectivity index (χ1) is 13.2. The molecule has 1 saturated heterocycles. The third-order valence-corrected chi connectivity index (χ3v) is 5.64. The molecule has 1 amide bonds. The zero-order valence-electron chi connectivity index (χ0n) is 15.5. The van der Waals surface area contributed by atoms with E-state index in [1.165, 1.54) is 12.1 Å². The van der Waals surface area contributed by atoms with Crippen LogP contribution in [0.2, 0.25) is 0 Å². The molecule has 0 unspecified atom stereocenters. The largest absolute Gasteiger partial charge is 0.468 e. The fraction of sp³-hybridized carbons (Fsp3) is 0.333. The summed E-state index contributed by atoms with van der Waals surface area (Å²) >= 11 is 0. The Kier molecular flexibility index (Phi) is 5.71. The number of rotatable bonds is 5. The van der Waals surface area contributed by atoms with Crippen LogP contribution in [-0.4, -0.2) is 57.6 Å². The number of aliphatic imine (C=N–C) groups is 1. The lowest BCUT2D eigenvalue weighted by Crippen LogP contribution is -2.46. The maximum absolute atomic E-state index is 12.3. The molecule has 28 heavy (non-hydrogen) atoms. The van der Waals surface area contributed by atoms with Crippen molar-refractivity contribution < 1.29 is 17.6 Å². The monoisotopic (exact) mass is 405 g/mol. The smallest absolute Gasteiger partial charge is 0.280 e. The summed E-state index contributed by atoms with van der Waals surface area (Å²) in [5, 5.41) is 0. The van der Waals surface area contributed by atoms with Crippen LogP contribution in [-0.2, 0) is 16.4 Å². The fourth-order valence-electron chi connectivity index (χ4n) is 3.16. The first-order valence-corrected chi connectivity index (χ1v) is 10.6. The van der Waals surface area contributed by atoms with Crippen LogP contribution >= 0.6 is 0 Å². The second-order valence-electron chi connectivity index (χ2n) is 6.64. The lowest BCUT2D eigenvalue weighted by molar-refractivity contribution is 0.100. The summed E-state index contributed by atoms with van der Waals surface area (Å²) in [6.07, 6.45) is 2.77. The summed E-state index contributed by atoms with van der Waals surface area (Å²) in [7, 11) is -3.56. The van der Waals surface area contributed by atoms with Gasteiger partial charge in [0.25, 0.3) is 5.91 Å². The van der Waals surface area contributed by atoms with E-state index in [1.54, 1.807) is 12.3 Å². The molecule has 1 aromatic carbocycles. The highest BCUT2D eigenvalue weighted by Crippen LogP contribution is 2.28. The number of guanidine groups is 1. The standard InChI is InChI=1S/C18H23N5O4S/c1-28(25,26)16-11-13(17(24)21-18(19)20)4-5-15(16)23-8-6-22(7-9-23)12-14-3-2-10-27-14/h2-5,10-11H,6-9,12H2,1H3,(H4,19,20,21,24). The Bertz CT molecular complexity index is 973. The maximum Gasteiger partial charge on any atom is 0.280 e. The van der Waals surface area contributed by atoms with E-state index in [0.717, 1.165) is 25.1 Å². The van der Waals surface area contributed by atoms with Gasteiger partial charge in [-0.3, -0.25) is 9.69 Å². The number of hydrogen-bond acceptors (Lipinski definition) is 6. The number of carbonyl (C=O) groups excluding carboxylic acids is 1. The number of furan rings is 1. The molecule has 4 N–H and O–H groups in total. The molecule has 1 fully saturated rings. The molecule has 150 valence electrons. The number of nitrogens with two attached hydrogens (primary N) is 2. The predicted octanol–water partition coefficient (Wildman–Crippen LogP) is 0.419. The SMILES string of the molecule is CS(=O)(=O)c1cc(C(=O)N=C(N)N)ccc1N1CCN(Cc2ccco2)CC1. The molecule has 1 aliphatic heterocycles. The molecule has 1 aromatic heterocycles. The van der Waals surface area contributed by atoms with Gasteiger partial charge in [0, 0.05) is 38.0 Å². The van der Waals surface area contributed by atoms with Gasteiger partial charge in [0.1, 0.15) is 5.76 Å². The summed E-state index contributed by atoms with van der Waals surface area (Å²) in [5.41, 5.74) is 11.2. The molecular weight excluding hydrogens is 382 g/mol. The zero-order chi connectivity index (χ0) is 20.3. The van der Waals surface area contributed by atoms with Gasteiger partial charge in [0.15, 0.2) is 15.8 Å². The number of amides is 1. The topological polar surface area (TPSA) is 135 Å². The average molecular weight is 405 g/mol. The van der Waals surface area contributed by atoms with Crippen LogP contribution in [0.25, 0.3) is 0 Å². The van der Waals surface area contributed by atoms with Crippen molar-refractivity contribution >= 4 is 27.4 Å². The first-order valence-electron chi connectivity index (χ1n) is 8.72. The minimum Gasteiger partial charge on any atom is -0.468 e. The highest BCUT2D eigenvalue weighted by Gasteiger charge is 2.24. The first kappa shape index (κ1) is 19.9. The lowest BCUT2D eigenvalue weighted by Gasteiger charge is -2.36. The second-order valence-corrected chi connectivity index (χ2v) is 8.62. The molecule has 1 aliphatic rings. The Morgan fingerprint density at radius 1 is 1.18 bits per heavy atom. The van der Waals surface area contributed by atoms with Crippen LogP contribution in [0.5, 0.6) is 0 Å². The molecule has 3 rings (SSSR count). The zero-order valence-corrected chi connectivity index (χ0v) is 16.4. The minimum absolute atomic E-state index is 0.0867. The Balaban J connectivity index is 1.80. The Labute approximate surface area is 163 Å². The number of benzene rings is 1. The molecule has 0 spiro atoms. The summed E-state index contributed by atoms with van der Waals surface area (Å²) in [6.45, 7) is 3.55. The quantitative estimate of drug-likeness (QED) is 0.540. The maximum atomic E-state index is 12.3. The Morgan fingerprint density at radius 2 is 1.89 bits per heavy atom. The van der Waals surface area contributed by atoms with Gasteiger partial charge >= 0.3 is 0 Å². The van der Waals surface area contributed by atoms with E-state index >= 15 is 0 Å². The van der Waals surface area contributed by atoms with Crippen molar-refractivity contribution in [3.8, 4) is 0 Å². The Morgan fingerprint density at radius 3 is 2.46 bits per heavy atom. The molecule has 2 heterocycles. The summed E-state index contributed by atoms with van der Waals surface area (Å²) in [5.74, 6) is -0.157. The molecule has 9 nitrogen and oxygen atoms in total. The van der Waals surface area contributed by atoms with Crippen LogP contribution < -0.4 is 16.4 Å². The van der Waals surface area contributed by atoms with Crippen LogP contribution in [0, 0.1) is 0 Å². The van der Waals surface area contributed by atoms with Crippen molar-refractivity contribution in [1.82, 2.24) is 4.90 Å². The van der Waals surface area contributed by atoms with Crippen LogP contribution in [0.15, 0.2) is 50.9 Å². The van der Waals surface area contributed by atoms with Gasteiger partial charge in [-0.1, -0.05) is 0 Å². The van der Waals surface area contributed by atoms with Gasteiger partial charge in [-0.15, -0.1) is 0 Å². The van der Waals surface area contributed by atoms with E-state index < -0.39 is 15.7 Å². The molecule has 0 radical (unpaired) electrons. The molecule has 0 bridgehead atoms. The number of sulfone groups is 1. The molecule has 10 heteroatoms. The van der Waals surface area contributed by atoms with Gasteiger partial charge in [-0.05, 0) is 30.3 Å². The number of piperazine rings is 1. The highest BCUT2D eigenvalue weighted by molar-refractivity contribution is 7.90. The molecular formula is C18H23N5O4S. The second kappa shape index (κ2) is 8.03. The normalized spacial score (nSPS) is 15.4. The summed E-state index contributed by atoms with van der Waals surface area (Å²) in [4.78, 5) is 19.8. The van der Waals surface area contributed by atoms with Gasteiger partial charge in [0.05, 0.1) is 23.4 Å². The predicted molar refractivity (Wildman–Crippen MR) is 106 cm³/mol. The van der Waals surface area contributed by atoms with Crippen molar-refractivity contribution in [1.29, 1.82) is 0 Å². The van der Waals surface area contributed by atoms with E-state index in [4.69, 9.17) is 15.9 Å². The van der Waals surface area contributed by atoms with Crippen molar-refractivity contribution in [2.45, 2.75) is 11.4 Å². The summed E-state index contributed by atoms with van der Waals surface area (Å²) < 4.78 is 30.0. The van der Waals surface area contributed by atoms with Gasteiger partial charge in [0.2, 0.25) is 0 Å². The number of nitrogens with zero attached hydrogens (tertiary/aromatic N) is 3. The number of hydrogen-bond donors (Lipinski definition) is 2. The minimum atomic E-state index is -3.56. The van der Waals surface area contributed by atoms with Gasteiger partial charge in [-0.25, -0.2) is 8.42 Å². The van der Waals surface area contributed by atoms with Gasteiger partial charge < -0.3 is 20.8 Å². The highest BCUT2D eigenvalue weighted by atomic mass is 32.2. The van der Waals surface area contributed by atoms with E-state index in [2.05, 4.69) is 9.89 Å². The number of anilines is 1. The van der Waals surface area contributed by atoms with Crippen LogP contribution in [0.4, 0.5) is 5.69 Å². The fourth-order valence-corrected chi connectivity index (χ4v) is 4.08. The average Bonchev–Trinajstić information content (AvgIpc) is 3.13. The van der Waals surface area contributed by atoms with E-state index in [-0.39, 0.29) is 16.4 Å². The summed E-state index contributed by atoms with van der Waals surface area (Å²) in [6, 6.07) is 8.28. The molecule has 0 saturated carbocycles. The van der Waals surface area contributed by atoms with E-state index in [1.807, 2.05) is 17.0 Å². The van der Waals surface area contributed by atoms with Crippen LogP contribution in [0.3, 0.4) is 0 Å². The molecule has 0 atom stereocenters. The van der Waals surface area contributed by atoms with Gasteiger partial charge in [-0.2, -0.15) is 4.99 Å². The van der Waals surface area contributed by atoms with E-state index in [0.29, 0.717) is 25.3 Å². The third-order valence-electron chi connectivity index (χ3n) is 4.51. The van der Waals surface area contributed by atoms with Crippen LogP contribution in [0.1, 0.15) is 16.1 Å². The Hall–Kier alpha value is -2.85.